The van der Waals surface area contributed by atoms with Crippen LogP contribution in [0.1, 0.15) is 29.6 Å². The lowest BCUT2D eigenvalue weighted by Gasteiger charge is -2.41. The van der Waals surface area contributed by atoms with Crippen molar-refractivity contribution in [3.63, 3.8) is 0 Å². The van der Waals surface area contributed by atoms with Gasteiger partial charge in [0.05, 0.1) is 60.6 Å². The Kier molecular flexibility index (Phi) is 6.13. The van der Waals surface area contributed by atoms with Crippen LogP contribution in [0.4, 0.5) is 0 Å². The molecule has 0 spiro atoms. The molecule has 4 aliphatic heterocycles. The van der Waals surface area contributed by atoms with Crippen LogP contribution in [0.15, 0.2) is 60.7 Å². The molecule has 0 aliphatic carbocycles. The largest absolute Gasteiger partial charge is 0.504 e. The predicted octanol–water partition coefficient (Wildman–Crippen LogP) is 5.38. The summed E-state index contributed by atoms with van der Waals surface area (Å²) in [7, 11) is 0. The zero-order valence-corrected chi connectivity index (χ0v) is 26.2. The number of aromatic hydroxyl groups is 4. The fraction of sp³-hybridized carbons (Fsp3) is 0.297. The van der Waals surface area contributed by atoms with Gasteiger partial charge in [0.2, 0.25) is 11.5 Å². The lowest BCUT2D eigenvalue weighted by Crippen LogP contribution is -2.50. The number of phenolic OH excluding ortho intramolecular Hbond substituents is 4. The molecular formula is C37H32N4O8. The Hall–Kier alpha value is -5.46. The van der Waals surface area contributed by atoms with Crippen molar-refractivity contribution in [2.75, 3.05) is 26.4 Å². The van der Waals surface area contributed by atoms with Crippen molar-refractivity contribution in [1.82, 2.24) is 19.1 Å². The molecule has 248 valence electrons. The average Bonchev–Trinajstić information content (AvgIpc) is 3.78. The van der Waals surface area contributed by atoms with E-state index in [2.05, 4.69) is 9.13 Å². The molecule has 0 amide bonds. The van der Waals surface area contributed by atoms with E-state index < -0.39 is 12.2 Å². The fourth-order valence-corrected chi connectivity index (χ4v) is 7.90. The number of rotatable bonds is 5. The summed E-state index contributed by atoms with van der Waals surface area (Å²) in [5.41, 5.74) is 6.38. The van der Waals surface area contributed by atoms with Gasteiger partial charge in [-0.25, -0.2) is 9.97 Å². The Bertz CT molecular complexity index is 2330. The highest BCUT2D eigenvalue weighted by Crippen LogP contribution is 2.52. The van der Waals surface area contributed by atoms with Crippen LogP contribution < -0.4 is 9.47 Å². The zero-order valence-electron chi connectivity index (χ0n) is 26.2. The van der Waals surface area contributed by atoms with Gasteiger partial charge in [-0.1, -0.05) is 24.3 Å². The fourth-order valence-electron chi connectivity index (χ4n) is 7.90. The molecule has 0 saturated carbocycles. The van der Waals surface area contributed by atoms with E-state index in [0.29, 0.717) is 62.0 Å². The topological polar surface area (TPSA) is 153 Å². The minimum Gasteiger partial charge on any atom is -0.504 e. The van der Waals surface area contributed by atoms with E-state index in [4.69, 9.17) is 28.9 Å². The maximum Gasteiger partial charge on any atom is 0.200 e. The van der Waals surface area contributed by atoms with E-state index in [1.54, 1.807) is 12.1 Å². The minimum absolute atomic E-state index is 0.0925. The quantitative estimate of drug-likeness (QED) is 0.177. The smallest absolute Gasteiger partial charge is 0.200 e. The van der Waals surface area contributed by atoms with Crippen molar-refractivity contribution in [3.05, 3.63) is 71.8 Å². The summed E-state index contributed by atoms with van der Waals surface area (Å²) in [6, 6.07) is 18.8. The van der Waals surface area contributed by atoms with Crippen LogP contribution in [-0.4, -0.2) is 78.2 Å². The Morgan fingerprint density at radius 3 is 2.00 bits per heavy atom. The molecule has 49 heavy (non-hydrogen) atoms. The number of nitrogens with zero attached hydrogens (tertiary/aromatic N) is 4. The summed E-state index contributed by atoms with van der Waals surface area (Å²) in [5, 5.41) is 43.4. The third kappa shape index (κ3) is 4.10. The molecule has 2 fully saturated rings. The monoisotopic (exact) mass is 660 g/mol. The molecule has 3 unspecified atom stereocenters. The molecule has 4 aromatic carbocycles. The van der Waals surface area contributed by atoms with Crippen molar-refractivity contribution in [1.29, 1.82) is 0 Å². The predicted molar refractivity (Wildman–Crippen MR) is 178 cm³/mol. The number of phenols is 4. The van der Waals surface area contributed by atoms with E-state index in [1.165, 1.54) is 0 Å². The van der Waals surface area contributed by atoms with Crippen molar-refractivity contribution < 1.29 is 39.4 Å². The second-order valence-corrected chi connectivity index (χ2v) is 13.2. The SMILES string of the molecule is Oc1cc(-c2nc3ccccc3n2C2COC2)c2c(c1O)OC(C1OCC1n1c(-c3cc(O)c(O)c4c3CCCO4)nc3ccccc31)C2. The zero-order chi connectivity index (χ0) is 33.0. The molecule has 2 aromatic heterocycles. The maximum atomic E-state index is 11.1. The lowest BCUT2D eigenvalue weighted by atomic mass is 9.93. The van der Waals surface area contributed by atoms with Gasteiger partial charge in [-0.2, -0.15) is 0 Å². The highest BCUT2D eigenvalue weighted by molar-refractivity contribution is 5.85. The third-order valence-corrected chi connectivity index (χ3v) is 10.4. The van der Waals surface area contributed by atoms with Crippen LogP contribution in [0.3, 0.4) is 0 Å². The number of ether oxygens (including phenoxy) is 4. The van der Waals surface area contributed by atoms with Crippen molar-refractivity contribution in [2.45, 2.75) is 43.6 Å². The summed E-state index contributed by atoms with van der Waals surface area (Å²) in [6.07, 6.45) is 0.916. The first-order chi connectivity index (χ1) is 24.0. The van der Waals surface area contributed by atoms with E-state index in [0.717, 1.165) is 39.6 Å². The number of imidazole rings is 2. The lowest BCUT2D eigenvalue weighted by molar-refractivity contribution is -0.145. The maximum absolute atomic E-state index is 11.1. The molecule has 6 aromatic rings. The molecule has 3 atom stereocenters. The van der Waals surface area contributed by atoms with E-state index in [1.807, 2.05) is 48.5 Å². The summed E-state index contributed by atoms with van der Waals surface area (Å²) in [6.45, 7) is 1.96. The highest BCUT2D eigenvalue weighted by atomic mass is 16.6. The first-order valence-electron chi connectivity index (χ1n) is 16.6. The summed E-state index contributed by atoms with van der Waals surface area (Å²) in [5.74, 6) is 0.690. The Morgan fingerprint density at radius 1 is 0.714 bits per heavy atom. The Balaban J connectivity index is 1.07. The Labute approximate surface area is 279 Å². The van der Waals surface area contributed by atoms with Crippen LogP contribution in [0.5, 0.6) is 34.5 Å². The molecule has 6 heterocycles. The van der Waals surface area contributed by atoms with Crippen LogP contribution in [0.2, 0.25) is 0 Å². The van der Waals surface area contributed by atoms with Gasteiger partial charge in [-0.15, -0.1) is 0 Å². The molecule has 4 N–H and O–H groups in total. The molecular weight excluding hydrogens is 628 g/mol. The van der Waals surface area contributed by atoms with Crippen molar-refractivity contribution in [3.8, 4) is 57.3 Å². The third-order valence-electron chi connectivity index (χ3n) is 10.4. The standard InChI is InChI=1S/C37H32N4O8/c42-28-12-21(19-6-5-11-47-33(19)31(28)44)37-39-24-8-2-4-10-26(24)41(37)27-17-48-35(27)30-14-20-22(13-29(43)32(45)34(20)49-30)36-38-23-7-1-3-9-25(23)40(36)18-15-46-16-18/h1-4,7-10,12-13,18,27,30,35,42-45H,5-6,11,14-17H2. The molecule has 12 nitrogen and oxygen atoms in total. The van der Waals surface area contributed by atoms with Crippen LogP contribution >= 0.6 is 0 Å². The number of hydrogen-bond donors (Lipinski definition) is 4. The molecule has 2 saturated heterocycles. The molecule has 12 heteroatoms. The van der Waals surface area contributed by atoms with Gasteiger partial charge in [0.1, 0.15) is 23.9 Å². The van der Waals surface area contributed by atoms with Gasteiger partial charge >= 0.3 is 0 Å². The van der Waals surface area contributed by atoms with Gasteiger partial charge < -0.3 is 48.5 Å². The number of para-hydroxylation sites is 4. The number of benzene rings is 4. The van der Waals surface area contributed by atoms with E-state index in [9.17, 15) is 20.4 Å². The van der Waals surface area contributed by atoms with Crippen molar-refractivity contribution >= 4 is 22.1 Å². The second kappa shape index (κ2) is 10.5. The van der Waals surface area contributed by atoms with Gasteiger partial charge in [0, 0.05) is 28.7 Å². The van der Waals surface area contributed by atoms with Gasteiger partial charge in [-0.05, 0) is 49.2 Å². The second-order valence-electron chi connectivity index (χ2n) is 13.2. The molecule has 10 rings (SSSR count). The summed E-state index contributed by atoms with van der Waals surface area (Å²) >= 11 is 0. The van der Waals surface area contributed by atoms with E-state index >= 15 is 0 Å². The number of hydrogen-bond acceptors (Lipinski definition) is 10. The summed E-state index contributed by atoms with van der Waals surface area (Å²) in [4.78, 5) is 10.0. The summed E-state index contributed by atoms with van der Waals surface area (Å²) < 4.78 is 28.4. The van der Waals surface area contributed by atoms with Crippen LogP contribution in [0, 0.1) is 0 Å². The number of aromatic nitrogens is 4. The first-order valence-corrected chi connectivity index (χ1v) is 16.6. The Morgan fingerprint density at radius 2 is 1.35 bits per heavy atom. The molecule has 4 aliphatic rings. The molecule has 0 radical (unpaired) electrons. The van der Waals surface area contributed by atoms with E-state index in [-0.39, 0.29) is 46.6 Å². The first kappa shape index (κ1) is 28.5. The average molecular weight is 661 g/mol. The van der Waals surface area contributed by atoms with Crippen LogP contribution in [0.25, 0.3) is 44.8 Å². The van der Waals surface area contributed by atoms with Gasteiger partial charge in [0.25, 0.3) is 0 Å². The highest BCUT2D eigenvalue weighted by Gasteiger charge is 2.47. The van der Waals surface area contributed by atoms with Crippen molar-refractivity contribution in [2.24, 2.45) is 0 Å². The van der Waals surface area contributed by atoms with Crippen LogP contribution in [-0.2, 0) is 22.3 Å². The molecule has 0 bridgehead atoms. The normalized spacial score (nSPS) is 21.5. The number of fused-ring (bicyclic) bond motifs is 4. The van der Waals surface area contributed by atoms with Gasteiger partial charge in [-0.3, -0.25) is 0 Å². The van der Waals surface area contributed by atoms with Gasteiger partial charge in [0.15, 0.2) is 23.0 Å². The minimum atomic E-state index is -0.496.